The van der Waals surface area contributed by atoms with E-state index in [4.69, 9.17) is 4.42 Å². The summed E-state index contributed by atoms with van der Waals surface area (Å²) in [5, 5.41) is 4.00. The summed E-state index contributed by atoms with van der Waals surface area (Å²) in [6, 6.07) is 9.60. The maximum atomic E-state index is 13.1. The smallest absolute Gasteiger partial charge is 0.309 e. The third-order valence-electron chi connectivity index (χ3n) is 4.93. The molecule has 1 fully saturated rings. The first-order valence-corrected chi connectivity index (χ1v) is 10.8. The highest BCUT2D eigenvalue weighted by atomic mass is 32.2. The van der Waals surface area contributed by atoms with Crippen LogP contribution in [0.4, 0.5) is 0 Å². The highest BCUT2D eigenvalue weighted by molar-refractivity contribution is 7.91. The van der Waals surface area contributed by atoms with E-state index in [0.29, 0.717) is 0 Å². The number of nitrogens with one attached hydrogen (secondary N) is 2. The van der Waals surface area contributed by atoms with Gasteiger partial charge >= 0.3 is 11.8 Å². The molecule has 1 aliphatic carbocycles. The van der Waals surface area contributed by atoms with Gasteiger partial charge in [0.05, 0.1) is 11.2 Å². The lowest BCUT2D eigenvalue weighted by molar-refractivity contribution is -0.139. The lowest BCUT2D eigenvalue weighted by atomic mass is 10.2. The largest absolute Gasteiger partial charge is 0.468 e. The summed E-state index contributed by atoms with van der Waals surface area (Å²) in [7, 11) is -3.82. The van der Waals surface area contributed by atoms with Crippen LogP contribution in [0.25, 0.3) is 0 Å². The van der Waals surface area contributed by atoms with E-state index in [2.05, 4.69) is 10.6 Å². The summed E-state index contributed by atoms with van der Waals surface area (Å²) in [6.45, 7) is 1.60. The summed E-state index contributed by atoms with van der Waals surface area (Å²) in [5.74, 6) is -1.38. The molecule has 0 bridgehead atoms. The van der Waals surface area contributed by atoms with Gasteiger partial charge in [0.1, 0.15) is 11.0 Å². The van der Waals surface area contributed by atoms with Gasteiger partial charge in [-0.3, -0.25) is 9.59 Å². The summed E-state index contributed by atoms with van der Waals surface area (Å²) >= 11 is 0. The second-order valence-corrected chi connectivity index (χ2v) is 9.16. The Morgan fingerprint density at radius 2 is 1.79 bits per heavy atom. The molecular formula is C20H24N2O5S. The first-order valence-electron chi connectivity index (χ1n) is 9.30. The van der Waals surface area contributed by atoms with Crippen LogP contribution in [-0.2, 0) is 19.4 Å². The van der Waals surface area contributed by atoms with Crippen LogP contribution in [0, 0.1) is 6.92 Å². The molecule has 0 radical (unpaired) electrons. The van der Waals surface area contributed by atoms with Gasteiger partial charge in [-0.05, 0) is 44.0 Å². The molecule has 2 amide bonds. The molecule has 2 aromatic rings. The Kier molecular flexibility index (Phi) is 6.18. The van der Waals surface area contributed by atoms with Gasteiger partial charge < -0.3 is 15.1 Å². The number of rotatable bonds is 6. The molecule has 1 saturated carbocycles. The lowest BCUT2D eigenvalue weighted by Gasteiger charge is -2.17. The Bertz CT molecular complexity index is 914. The highest BCUT2D eigenvalue weighted by Gasteiger charge is 2.32. The molecule has 2 N–H and O–H groups in total. The minimum absolute atomic E-state index is 0.00964. The first kappa shape index (κ1) is 20.1. The van der Waals surface area contributed by atoms with Crippen molar-refractivity contribution in [3.63, 3.8) is 0 Å². The van der Waals surface area contributed by atoms with E-state index in [-0.39, 0.29) is 23.2 Å². The zero-order chi connectivity index (χ0) is 20.1. The van der Waals surface area contributed by atoms with Gasteiger partial charge in [0, 0.05) is 12.6 Å². The van der Waals surface area contributed by atoms with Gasteiger partial charge in [-0.25, -0.2) is 8.42 Å². The Hall–Kier alpha value is -2.61. The SMILES string of the molecule is Cc1ccc(S(=O)(=O)[C@H](CNC(=O)C(=O)NC2CCCC2)c2ccco2)cc1. The van der Waals surface area contributed by atoms with E-state index in [1.807, 2.05) is 6.92 Å². The molecule has 1 atom stereocenters. The van der Waals surface area contributed by atoms with Crippen LogP contribution in [0.15, 0.2) is 52.0 Å². The van der Waals surface area contributed by atoms with Gasteiger partial charge in [-0.15, -0.1) is 0 Å². The van der Waals surface area contributed by atoms with Gasteiger partial charge in [0.2, 0.25) is 0 Å². The van der Waals surface area contributed by atoms with Crippen molar-refractivity contribution in [2.75, 3.05) is 6.54 Å². The normalized spacial score (nSPS) is 15.9. The van der Waals surface area contributed by atoms with Crippen LogP contribution < -0.4 is 10.6 Å². The van der Waals surface area contributed by atoms with Crippen molar-refractivity contribution in [1.29, 1.82) is 0 Å². The van der Waals surface area contributed by atoms with E-state index in [9.17, 15) is 18.0 Å². The molecule has 0 saturated heterocycles. The van der Waals surface area contributed by atoms with E-state index in [1.54, 1.807) is 24.3 Å². The molecule has 0 spiro atoms. The van der Waals surface area contributed by atoms with Crippen molar-refractivity contribution in [1.82, 2.24) is 10.6 Å². The molecular weight excluding hydrogens is 380 g/mol. The Morgan fingerprint density at radius 1 is 1.11 bits per heavy atom. The molecule has 0 aliphatic heterocycles. The van der Waals surface area contributed by atoms with E-state index < -0.39 is 26.9 Å². The number of carbonyl (C=O) groups excluding carboxylic acids is 2. The van der Waals surface area contributed by atoms with E-state index in [1.165, 1.54) is 18.4 Å². The molecule has 1 aromatic heterocycles. The zero-order valence-electron chi connectivity index (χ0n) is 15.7. The highest BCUT2D eigenvalue weighted by Crippen LogP contribution is 2.29. The standard InChI is InChI=1S/C20H24N2O5S/c1-14-8-10-16(11-9-14)28(25,26)18(17-7-4-12-27-17)13-21-19(23)20(24)22-15-5-2-3-6-15/h4,7-12,15,18H,2-3,5-6,13H2,1H3,(H,21,23)(H,22,24)/t18-/m1/s1. The van der Waals surface area contributed by atoms with Gasteiger partial charge in [0.15, 0.2) is 9.84 Å². The summed E-state index contributed by atoms with van der Waals surface area (Å²) < 4.78 is 31.5. The minimum atomic E-state index is -3.82. The number of carbonyl (C=O) groups is 2. The Balaban J connectivity index is 1.73. The summed E-state index contributed by atoms with van der Waals surface area (Å²) in [5.41, 5.74) is 0.936. The summed E-state index contributed by atoms with van der Waals surface area (Å²) in [6.07, 6.45) is 5.15. The number of sulfone groups is 1. The van der Waals surface area contributed by atoms with Crippen LogP contribution in [-0.4, -0.2) is 32.8 Å². The molecule has 1 aliphatic rings. The number of amides is 2. The molecule has 7 nitrogen and oxygen atoms in total. The molecule has 3 rings (SSSR count). The van der Waals surface area contributed by atoms with Crippen molar-refractivity contribution in [3.8, 4) is 0 Å². The monoisotopic (exact) mass is 404 g/mol. The van der Waals surface area contributed by atoms with Gasteiger partial charge in [0.25, 0.3) is 0 Å². The fraction of sp³-hybridized carbons (Fsp3) is 0.400. The fourth-order valence-corrected chi connectivity index (χ4v) is 4.90. The minimum Gasteiger partial charge on any atom is -0.468 e. The van der Waals surface area contributed by atoms with Crippen LogP contribution >= 0.6 is 0 Å². The van der Waals surface area contributed by atoms with E-state index >= 15 is 0 Å². The van der Waals surface area contributed by atoms with Crippen molar-refractivity contribution in [2.24, 2.45) is 0 Å². The quantitative estimate of drug-likeness (QED) is 0.719. The number of hydrogen-bond donors (Lipinski definition) is 2. The van der Waals surface area contributed by atoms with Crippen molar-refractivity contribution in [2.45, 2.75) is 48.8 Å². The molecule has 1 aromatic carbocycles. The predicted molar refractivity (Wildman–Crippen MR) is 103 cm³/mol. The predicted octanol–water partition coefficient (Wildman–Crippen LogP) is 2.28. The van der Waals surface area contributed by atoms with Gasteiger partial charge in [-0.1, -0.05) is 30.5 Å². The second-order valence-electron chi connectivity index (χ2n) is 7.03. The fourth-order valence-electron chi connectivity index (χ4n) is 3.32. The van der Waals surface area contributed by atoms with Crippen LogP contribution in [0.5, 0.6) is 0 Å². The Morgan fingerprint density at radius 3 is 2.39 bits per heavy atom. The molecule has 1 heterocycles. The average molecular weight is 404 g/mol. The third-order valence-corrected chi connectivity index (χ3v) is 7.01. The van der Waals surface area contributed by atoms with Crippen LogP contribution in [0.3, 0.4) is 0 Å². The third kappa shape index (κ3) is 4.62. The number of furan rings is 1. The molecule has 8 heteroatoms. The van der Waals surface area contributed by atoms with Crippen LogP contribution in [0.1, 0.15) is 42.3 Å². The number of benzene rings is 1. The van der Waals surface area contributed by atoms with E-state index in [0.717, 1.165) is 31.2 Å². The van der Waals surface area contributed by atoms with Crippen molar-refractivity contribution >= 4 is 21.7 Å². The number of aryl methyl sites for hydroxylation is 1. The lowest BCUT2D eigenvalue weighted by Crippen LogP contribution is -2.45. The van der Waals surface area contributed by atoms with Crippen molar-refractivity contribution < 1.29 is 22.4 Å². The maximum absolute atomic E-state index is 13.1. The maximum Gasteiger partial charge on any atom is 0.309 e. The zero-order valence-corrected chi connectivity index (χ0v) is 16.5. The molecule has 0 unspecified atom stereocenters. The first-order chi connectivity index (χ1) is 13.4. The summed E-state index contributed by atoms with van der Waals surface area (Å²) in [4.78, 5) is 24.4. The topological polar surface area (TPSA) is 105 Å². The average Bonchev–Trinajstić information content (AvgIpc) is 3.36. The Labute approximate surface area is 164 Å². The van der Waals surface area contributed by atoms with Crippen LogP contribution in [0.2, 0.25) is 0 Å². The second kappa shape index (κ2) is 8.60. The number of hydrogen-bond acceptors (Lipinski definition) is 5. The molecule has 150 valence electrons. The van der Waals surface area contributed by atoms with Crippen molar-refractivity contribution in [3.05, 3.63) is 54.0 Å². The molecule has 28 heavy (non-hydrogen) atoms. The van der Waals surface area contributed by atoms with Gasteiger partial charge in [-0.2, -0.15) is 0 Å².